The molecule has 3 aliphatic rings. The van der Waals surface area contributed by atoms with Crippen molar-refractivity contribution in [1.82, 2.24) is 14.9 Å². The third-order valence-corrected chi connectivity index (χ3v) is 6.76. The van der Waals surface area contributed by atoms with Gasteiger partial charge in [-0.2, -0.15) is 0 Å². The summed E-state index contributed by atoms with van der Waals surface area (Å²) < 4.78 is 32.9. The van der Waals surface area contributed by atoms with Crippen LogP contribution >= 0.6 is 12.4 Å². The highest BCUT2D eigenvalue weighted by Crippen LogP contribution is 2.28. The topological polar surface area (TPSA) is 87.7 Å². The smallest absolute Gasteiger partial charge is 0.241 e. The number of nitrogens with zero attached hydrogens (tertiary/aromatic N) is 1. The van der Waals surface area contributed by atoms with E-state index in [0.29, 0.717) is 13.2 Å². The van der Waals surface area contributed by atoms with E-state index in [4.69, 9.17) is 4.74 Å². The number of halogens is 1. The van der Waals surface area contributed by atoms with Crippen molar-refractivity contribution in [3.8, 4) is 0 Å². The molecule has 2 unspecified atom stereocenters. The lowest BCUT2D eigenvalue weighted by molar-refractivity contribution is -0.132. The second-order valence-electron chi connectivity index (χ2n) is 6.93. The first-order chi connectivity index (χ1) is 12.0. The number of hydrogen-bond acceptors (Lipinski definition) is 5. The predicted octanol–water partition coefficient (Wildman–Crippen LogP) is 0.770. The summed E-state index contributed by atoms with van der Waals surface area (Å²) in [7, 11) is -3.71. The maximum absolute atomic E-state index is 12.6. The molecule has 26 heavy (non-hydrogen) atoms. The van der Waals surface area contributed by atoms with Crippen LogP contribution in [0.25, 0.3) is 0 Å². The number of ether oxygens (including phenoxy) is 1. The highest BCUT2D eigenvalue weighted by molar-refractivity contribution is 7.89. The predicted molar refractivity (Wildman–Crippen MR) is 98.5 cm³/mol. The van der Waals surface area contributed by atoms with Crippen LogP contribution in [0, 0.1) is 0 Å². The summed E-state index contributed by atoms with van der Waals surface area (Å²) in [6, 6.07) is 5.39. The number of carbonyl (C=O) groups is 1. The average Bonchev–Trinajstić information content (AvgIpc) is 3.15. The Morgan fingerprint density at radius 1 is 1.19 bits per heavy atom. The lowest BCUT2D eigenvalue weighted by Gasteiger charge is -2.28. The van der Waals surface area contributed by atoms with Crippen LogP contribution in [0.5, 0.6) is 0 Å². The van der Waals surface area contributed by atoms with E-state index in [9.17, 15) is 13.2 Å². The molecule has 0 spiro atoms. The summed E-state index contributed by atoms with van der Waals surface area (Å²) in [5, 5.41) is 3.34. The van der Waals surface area contributed by atoms with E-state index in [1.54, 1.807) is 18.2 Å². The maximum Gasteiger partial charge on any atom is 0.241 e. The number of carbonyl (C=O) groups excluding carboxylic acids is 1. The fourth-order valence-electron chi connectivity index (χ4n) is 4.04. The highest BCUT2D eigenvalue weighted by Gasteiger charge is 2.38. The van der Waals surface area contributed by atoms with Gasteiger partial charge in [-0.1, -0.05) is 6.07 Å². The van der Waals surface area contributed by atoms with Gasteiger partial charge >= 0.3 is 0 Å². The second kappa shape index (κ2) is 7.82. The molecule has 0 radical (unpaired) electrons. The molecule has 4 rings (SSSR count). The number of hydrogen-bond donors (Lipinski definition) is 2. The van der Waals surface area contributed by atoms with E-state index in [-0.39, 0.29) is 41.8 Å². The number of sulfonamides is 1. The Morgan fingerprint density at radius 3 is 2.81 bits per heavy atom. The normalized spacial score (nSPS) is 24.7. The highest BCUT2D eigenvalue weighted by atomic mass is 35.5. The summed E-state index contributed by atoms with van der Waals surface area (Å²) >= 11 is 0. The van der Waals surface area contributed by atoms with E-state index >= 15 is 0 Å². The van der Waals surface area contributed by atoms with Gasteiger partial charge in [0.15, 0.2) is 0 Å². The number of rotatable bonds is 4. The minimum atomic E-state index is -3.71. The van der Waals surface area contributed by atoms with Crippen LogP contribution in [0.4, 0.5) is 0 Å². The fourth-order valence-corrected chi connectivity index (χ4v) is 5.06. The van der Waals surface area contributed by atoms with E-state index in [1.807, 2.05) is 4.90 Å². The molecule has 2 atom stereocenters. The molecular formula is C17H24ClN3O4S. The molecule has 2 fully saturated rings. The molecule has 2 saturated heterocycles. The van der Waals surface area contributed by atoms with Crippen molar-refractivity contribution in [1.29, 1.82) is 0 Å². The first kappa shape index (κ1) is 19.6. The van der Waals surface area contributed by atoms with Gasteiger partial charge in [0.1, 0.15) is 0 Å². The van der Waals surface area contributed by atoms with Crippen molar-refractivity contribution in [2.24, 2.45) is 0 Å². The monoisotopic (exact) mass is 401 g/mol. The van der Waals surface area contributed by atoms with Crippen LogP contribution in [-0.4, -0.2) is 50.9 Å². The lowest BCUT2D eigenvalue weighted by Crippen LogP contribution is -2.47. The molecule has 3 aliphatic heterocycles. The molecule has 1 aromatic rings. The SMILES string of the molecule is Cl.O=C(CNS(=O)(=O)c1ccc2c(c1)COC2)N1C2CCNCC1CC2. The van der Waals surface area contributed by atoms with Gasteiger partial charge in [-0.3, -0.25) is 4.79 Å². The van der Waals surface area contributed by atoms with Gasteiger partial charge in [0, 0.05) is 18.6 Å². The van der Waals surface area contributed by atoms with Crippen molar-refractivity contribution in [3.63, 3.8) is 0 Å². The Kier molecular flexibility index (Phi) is 5.88. The van der Waals surface area contributed by atoms with E-state index < -0.39 is 10.0 Å². The molecule has 144 valence electrons. The molecule has 3 heterocycles. The minimum Gasteiger partial charge on any atom is -0.372 e. The van der Waals surface area contributed by atoms with Crippen molar-refractivity contribution < 1.29 is 17.9 Å². The number of amides is 1. The molecule has 0 aromatic heterocycles. The van der Waals surface area contributed by atoms with Crippen LogP contribution in [-0.2, 0) is 32.8 Å². The van der Waals surface area contributed by atoms with E-state index in [1.165, 1.54) is 0 Å². The van der Waals surface area contributed by atoms with Crippen molar-refractivity contribution >= 4 is 28.3 Å². The molecule has 2 bridgehead atoms. The number of fused-ring (bicyclic) bond motifs is 3. The van der Waals surface area contributed by atoms with Crippen LogP contribution in [0.3, 0.4) is 0 Å². The van der Waals surface area contributed by atoms with E-state index in [2.05, 4.69) is 10.0 Å². The van der Waals surface area contributed by atoms with Gasteiger partial charge in [-0.15, -0.1) is 12.4 Å². The van der Waals surface area contributed by atoms with Gasteiger partial charge in [-0.25, -0.2) is 13.1 Å². The Hall–Kier alpha value is -1.19. The summed E-state index contributed by atoms with van der Waals surface area (Å²) in [6.45, 7) is 2.46. The molecule has 2 N–H and O–H groups in total. The second-order valence-corrected chi connectivity index (χ2v) is 8.69. The zero-order valence-corrected chi connectivity index (χ0v) is 16.1. The van der Waals surface area contributed by atoms with Crippen LogP contribution in [0.15, 0.2) is 23.1 Å². The van der Waals surface area contributed by atoms with Crippen molar-refractivity contribution in [2.45, 2.75) is 49.5 Å². The molecule has 0 aliphatic carbocycles. The summed E-state index contributed by atoms with van der Waals surface area (Å²) in [5.74, 6) is -0.135. The molecule has 7 nitrogen and oxygen atoms in total. The molecule has 1 aromatic carbocycles. The molecule has 9 heteroatoms. The minimum absolute atomic E-state index is 0. The van der Waals surface area contributed by atoms with Gasteiger partial charge in [0.05, 0.1) is 24.7 Å². The lowest BCUT2D eigenvalue weighted by atomic mass is 10.1. The van der Waals surface area contributed by atoms with Crippen LogP contribution in [0.2, 0.25) is 0 Å². The number of nitrogens with one attached hydrogen (secondary N) is 2. The third kappa shape index (κ3) is 3.75. The Balaban J connectivity index is 0.00000196. The molecular weight excluding hydrogens is 378 g/mol. The largest absolute Gasteiger partial charge is 0.372 e. The molecule has 1 amide bonds. The zero-order chi connectivity index (χ0) is 17.4. The summed E-state index contributed by atoms with van der Waals surface area (Å²) in [4.78, 5) is 14.7. The molecule has 0 saturated carbocycles. The van der Waals surface area contributed by atoms with Crippen molar-refractivity contribution in [3.05, 3.63) is 29.3 Å². The quantitative estimate of drug-likeness (QED) is 0.778. The van der Waals surface area contributed by atoms with Gasteiger partial charge in [0.2, 0.25) is 15.9 Å². The van der Waals surface area contributed by atoms with Gasteiger partial charge in [-0.05, 0) is 49.1 Å². The third-order valence-electron chi connectivity index (χ3n) is 5.36. The Morgan fingerprint density at radius 2 is 1.96 bits per heavy atom. The van der Waals surface area contributed by atoms with Crippen molar-refractivity contribution in [2.75, 3.05) is 19.6 Å². The first-order valence-electron chi connectivity index (χ1n) is 8.76. The summed E-state index contributed by atoms with van der Waals surface area (Å²) in [5.41, 5.74) is 1.91. The maximum atomic E-state index is 12.6. The average molecular weight is 402 g/mol. The standard InChI is InChI=1S/C17H23N3O4S.ClH/c21-17(20-14-2-3-15(20)8-18-6-5-14)9-19-25(22,23)16-4-1-12-10-24-11-13(12)7-16;/h1,4,7,14-15,18-19H,2-3,5-6,8-11H2;1H. The van der Waals surface area contributed by atoms with E-state index in [0.717, 1.165) is 43.5 Å². The van der Waals surface area contributed by atoms with Crippen LogP contribution < -0.4 is 10.0 Å². The zero-order valence-electron chi connectivity index (χ0n) is 14.4. The first-order valence-corrected chi connectivity index (χ1v) is 10.2. The summed E-state index contributed by atoms with van der Waals surface area (Å²) in [6.07, 6.45) is 2.93. The fraction of sp³-hybridized carbons (Fsp3) is 0.588. The Labute approximate surface area is 159 Å². The Bertz CT molecular complexity index is 772. The number of benzene rings is 1. The van der Waals surface area contributed by atoms with Gasteiger partial charge < -0.3 is 15.0 Å². The van der Waals surface area contributed by atoms with Gasteiger partial charge in [0.25, 0.3) is 0 Å². The van der Waals surface area contributed by atoms with Crippen LogP contribution in [0.1, 0.15) is 30.4 Å².